The first kappa shape index (κ1) is 22.1. The number of aromatic amines is 1. The normalized spacial score (nSPS) is 17.0. The lowest BCUT2D eigenvalue weighted by Crippen LogP contribution is -2.47. The average molecular weight is 465 g/mol. The Bertz CT molecular complexity index is 1350. The first-order chi connectivity index (χ1) is 16.2. The molecule has 0 fully saturated rings. The van der Waals surface area contributed by atoms with Crippen molar-refractivity contribution in [3.8, 4) is 23.0 Å². The zero-order valence-corrected chi connectivity index (χ0v) is 20.0. The first-order valence-electron chi connectivity index (χ1n) is 11.2. The summed E-state index contributed by atoms with van der Waals surface area (Å²) >= 11 is 0. The van der Waals surface area contributed by atoms with Crippen LogP contribution in [0.4, 0.5) is 0 Å². The van der Waals surface area contributed by atoms with Crippen LogP contribution in [0.15, 0.2) is 35.1 Å². The Kier molecular flexibility index (Phi) is 5.19. The minimum atomic E-state index is -0.609. The van der Waals surface area contributed by atoms with Crippen LogP contribution in [0.3, 0.4) is 0 Å². The molecule has 1 aromatic heterocycles. The van der Waals surface area contributed by atoms with Gasteiger partial charge in [0.15, 0.2) is 23.0 Å². The molecule has 0 radical (unpaired) electrons. The minimum absolute atomic E-state index is 0.0249. The lowest BCUT2D eigenvalue weighted by Gasteiger charge is -2.40. The molecule has 3 heterocycles. The molecule has 8 nitrogen and oxygen atoms in total. The summed E-state index contributed by atoms with van der Waals surface area (Å²) in [6.07, 6.45) is 0.651. The van der Waals surface area contributed by atoms with E-state index in [9.17, 15) is 9.59 Å². The number of ether oxygens (including phenoxy) is 4. The van der Waals surface area contributed by atoms with E-state index in [0.29, 0.717) is 47.0 Å². The number of H-pyrrole nitrogens is 1. The van der Waals surface area contributed by atoms with Crippen LogP contribution in [0.2, 0.25) is 0 Å². The zero-order chi connectivity index (χ0) is 24.2. The van der Waals surface area contributed by atoms with Crippen molar-refractivity contribution in [2.45, 2.75) is 33.2 Å². The third-order valence-electron chi connectivity index (χ3n) is 6.44. The predicted molar refractivity (Wildman–Crippen MR) is 127 cm³/mol. The molecule has 1 N–H and O–H groups in total. The van der Waals surface area contributed by atoms with Crippen molar-refractivity contribution in [3.05, 3.63) is 57.4 Å². The molecule has 2 aliphatic rings. The topological polar surface area (TPSA) is 90.1 Å². The van der Waals surface area contributed by atoms with Crippen LogP contribution in [0, 0.1) is 5.41 Å². The number of fused-ring (bicyclic) bond motifs is 3. The third kappa shape index (κ3) is 3.54. The fourth-order valence-corrected chi connectivity index (χ4v) is 4.75. The molecule has 0 aliphatic carbocycles. The van der Waals surface area contributed by atoms with E-state index in [1.54, 1.807) is 25.2 Å². The van der Waals surface area contributed by atoms with Crippen molar-refractivity contribution in [2.24, 2.45) is 5.41 Å². The van der Waals surface area contributed by atoms with Gasteiger partial charge in [0, 0.05) is 29.0 Å². The monoisotopic (exact) mass is 464 g/mol. The highest BCUT2D eigenvalue weighted by Gasteiger charge is 2.39. The van der Waals surface area contributed by atoms with E-state index in [2.05, 4.69) is 4.98 Å². The third-order valence-corrected chi connectivity index (χ3v) is 6.44. The standard InChI is InChI=1S/C26H28N2O6/c1-26(2,3)25(30)28-7-6-14-9-19(31-4)20(32-5)11-16(14)23(28)17-8-15-10-21-22(34-13-33-21)12-18(15)27-24(17)29/h8-12,23H,6-7,13H2,1-5H3,(H,27,29)/t23-/m1/s1. The summed E-state index contributed by atoms with van der Waals surface area (Å²) in [7, 11) is 3.17. The Morgan fingerprint density at radius 2 is 1.68 bits per heavy atom. The molecule has 0 bridgehead atoms. The Labute approximate surface area is 197 Å². The number of nitrogens with zero attached hydrogens (tertiary/aromatic N) is 1. The number of amides is 1. The Morgan fingerprint density at radius 3 is 2.35 bits per heavy atom. The van der Waals surface area contributed by atoms with E-state index in [1.807, 2.05) is 45.0 Å². The number of carbonyl (C=O) groups excluding carboxylic acids is 1. The van der Waals surface area contributed by atoms with Crippen LogP contribution >= 0.6 is 0 Å². The molecular formula is C26H28N2O6. The van der Waals surface area contributed by atoms with E-state index in [1.165, 1.54) is 0 Å². The van der Waals surface area contributed by atoms with Gasteiger partial charge >= 0.3 is 0 Å². The highest BCUT2D eigenvalue weighted by molar-refractivity contribution is 5.85. The fraction of sp³-hybridized carbons (Fsp3) is 0.385. The molecule has 2 aromatic carbocycles. The van der Waals surface area contributed by atoms with E-state index in [-0.39, 0.29) is 18.3 Å². The molecule has 3 aromatic rings. The highest BCUT2D eigenvalue weighted by atomic mass is 16.7. The Hall–Kier alpha value is -3.68. The van der Waals surface area contributed by atoms with Crippen LogP contribution in [0.5, 0.6) is 23.0 Å². The maximum Gasteiger partial charge on any atom is 0.254 e. The minimum Gasteiger partial charge on any atom is -0.493 e. The number of hydrogen-bond donors (Lipinski definition) is 1. The predicted octanol–water partition coefficient (Wildman–Crippen LogP) is 3.79. The first-order valence-corrected chi connectivity index (χ1v) is 11.2. The average Bonchev–Trinajstić information content (AvgIpc) is 3.26. The second kappa shape index (κ2) is 7.97. The van der Waals surface area contributed by atoms with Crippen molar-refractivity contribution in [1.82, 2.24) is 9.88 Å². The molecule has 34 heavy (non-hydrogen) atoms. The molecule has 0 saturated heterocycles. The fourth-order valence-electron chi connectivity index (χ4n) is 4.75. The molecule has 1 atom stereocenters. The number of rotatable bonds is 3. The maximum absolute atomic E-state index is 13.5. The van der Waals surface area contributed by atoms with Gasteiger partial charge in [-0.25, -0.2) is 0 Å². The summed E-state index contributed by atoms with van der Waals surface area (Å²) in [6.45, 7) is 6.31. The van der Waals surface area contributed by atoms with Gasteiger partial charge in [0.2, 0.25) is 12.7 Å². The number of benzene rings is 2. The van der Waals surface area contributed by atoms with Gasteiger partial charge < -0.3 is 28.8 Å². The van der Waals surface area contributed by atoms with Crippen LogP contribution in [-0.2, 0) is 11.2 Å². The number of nitrogens with one attached hydrogen (secondary N) is 1. The summed E-state index contributed by atoms with van der Waals surface area (Å²) in [5.74, 6) is 2.37. The summed E-state index contributed by atoms with van der Waals surface area (Å²) < 4.78 is 22.0. The molecule has 0 unspecified atom stereocenters. The van der Waals surface area contributed by atoms with Gasteiger partial charge in [-0.05, 0) is 41.8 Å². The quantitative estimate of drug-likeness (QED) is 0.634. The maximum atomic E-state index is 13.5. The summed E-state index contributed by atoms with van der Waals surface area (Å²) in [4.78, 5) is 31.7. The summed E-state index contributed by atoms with van der Waals surface area (Å²) in [5, 5.41) is 0.801. The molecule has 0 saturated carbocycles. The molecule has 1 amide bonds. The smallest absolute Gasteiger partial charge is 0.254 e. The van der Waals surface area contributed by atoms with Gasteiger partial charge in [0.05, 0.1) is 25.8 Å². The van der Waals surface area contributed by atoms with Gasteiger partial charge in [0.1, 0.15) is 0 Å². The molecule has 0 spiro atoms. The van der Waals surface area contributed by atoms with Gasteiger partial charge in [0.25, 0.3) is 5.56 Å². The molecule has 8 heteroatoms. The van der Waals surface area contributed by atoms with Gasteiger partial charge in [-0.3, -0.25) is 9.59 Å². The van der Waals surface area contributed by atoms with E-state index in [0.717, 1.165) is 16.5 Å². The lowest BCUT2D eigenvalue weighted by atomic mass is 9.85. The molecule has 178 valence electrons. The second-order valence-electron chi connectivity index (χ2n) is 9.65. The summed E-state index contributed by atoms with van der Waals surface area (Å²) in [5.41, 5.74) is 2.14. The van der Waals surface area contributed by atoms with Crippen molar-refractivity contribution < 1.29 is 23.7 Å². The number of pyridine rings is 1. The molecule has 5 rings (SSSR count). The van der Waals surface area contributed by atoms with E-state index in [4.69, 9.17) is 18.9 Å². The Balaban J connectivity index is 1.74. The molecular weight excluding hydrogens is 436 g/mol. The van der Waals surface area contributed by atoms with Gasteiger partial charge in [-0.2, -0.15) is 0 Å². The van der Waals surface area contributed by atoms with Crippen LogP contribution in [0.1, 0.15) is 43.5 Å². The summed E-state index contributed by atoms with van der Waals surface area (Å²) in [6, 6.07) is 8.70. The SMILES string of the molecule is COc1cc2c(cc1OC)[C@H](c1cc3cc4c(cc3[nH]c1=O)OCO4)N(C(=O)C(C)(C)C)CC2. The number of hydrogen-bond acceptors (Lipinski definition) is 6. The van der Waals surface area contributed by atoms with Crippen molar-refractivity contribution in [3.63, 3.8) is 0 Å². The lowest BCUT2D eigenvalue weighted by molar-refractivity contribution is -0.141. The Morgan fingerprint density at radius 1 is 1.00 bits per heavy atom. The van der Waals surface area contributed by atoms with Crippen LogP contribution in [0.25, 0.3) is 10.9 Å². The zero-order valence-electron chi connectivity index (χ0n) is 20.0. The number of aromatic nitrogens is 1. The second-order valence-corrected chi connectivity index (χ2v) is 9.65. The van der Waals surface area contributed by atoms with Crippen LogP contribution < -0.4 is 24.5 Å². The largest absolute Gasteiger partial charge is 0.493 e. The van der Waals surface area contributed by atoms with Gasteiger partial charge in [-0.1, -0.05) is 20.8 Å². The van der Waals surface area contributed by atoms with Crippen LogP contribution in [-0.4, -0.2) is 43.3 Å². The number of methoxy groups -OCH3 is 2. The molecule has 2 aliphatic heterocycles. The van der Waals surface area contributed by atoms with E-state index < -0.39 is 11.5 Å². The van der Waals surface area contributed by atoms with Crippen molar-refractivity contribution >= 4 is 16.8 Å². The van der Waals surface area contributed by atoms with Crippen molar-refractivity contribution in [2.75, 3.05) is 27.6 Å². The van der Waals surface area contributed by atoms with E-state index >= 15 is 0 Å². The van der Waals surface area contributed by atoms with Crippen molar-refractivity contribution in [1.29, 1.82) is 0 Å². The number of carbonyl (C=O) groups is 1. The highest BCUT2D eigenvalue weighted by Crippen LogP contribution is 2.42. The van der Waals surface area contributed by atoms with Gasteiger partial charge in [-0.15, -0.1) is 0 Å².